The Bertz CT molecular complexity index is 682. The van der Waals surface area contributed by atoms with Crippen LogP contribution in [-0.4, -0.2) is 55.0 Å². The monoisotopic (exact) mass is 410 g/mol. The second-order valence-corrected chi connectivity index (χ2v) is 7.50. The fraction of sp³-hybridized carbons (Fsp3) is 0.579. The third-order valence-corrected chi connectivity index (χ3v) is 5.11. The van der Waals surface area contributed by atoms with E-state index in [4.69, 9.17) is 33.9 Å². The Kier molecular flexibility index (Phi) is 7.91. The minimum absolute atomic E-state index is 0.0482. The van der Waals surface area contributed by atoms with Gasteiger partial charge in [-0.3, -0.25) is 0 Å². The lowest BCUT2D eigenvalue weighted by molar-refractivity contribution is 0.290. The normalized spacial score (nSPS) is 15.8. The molecule has 0 aromatic heterocycles. The van der Waals surface area contributed by atoms with Crippen molar-refractivity contribution in [2.75, 3.05) is 33.9 Å². The molecule has 0 amide bonds. The van der Waals surface area contributed by atoms with Crippen LogP contribution in [0.25, 0.3) is 0 Å². The summed E-state index contributed by atoms with van der Waals surface area (Å²) in [6.45, 7) is 8.45. The molecule has 1 aromatic carbocycles. The molecule has 3 N–H and O–H groups in total. The zero-order chi connectivity index (χ0) is 20.0. The summed E-state index contributed by atoms with van der Waals surface area (Å²) >= 11 is 11.0. The molecule has 0 saturated heterocycles. The van der Waals surface area contributed by atoms with Crippen LogP contribution >= 0.6 is 24.4 Å². The lowest BCUT2D eigenvalue weighted by Gasteiger charge is -2.39. The van der Waals surface area contributed by atoms with Crippen molar-refractivity contribution in [3.8, 4) is 11.5 Å². The molecule has 1 heterocycles. The maximum absolute atomic E-state index is 5.62. The molecule has 1 aliphatic heterocycles. The van der Waals surface area contributed by atoms with Crippen molar-refractivity contribution >= 4 is 34.7 Å². The molecule has 0 radical (unpaired) electrons. The van der Waals surface area contributed by atoms with Crippen LogP contribution in [0.2, 0.25) is 0 Å². The predicted octanol–water partition coefficient (Wildman–Crippen LogP) is 2.37. The highest BCUT2D eigenvalue weighted by molar-refractivity contribution is 7.80. The third-order valence-electron chi connectivity index (χ3n) is 4.47. The first-order chi connectivity index (χ1) is 12.9. The van der Waals surface area contributed by atoms with Gasteiger partial charge in [-0.2, -0.15) is 0 Å². The zero-order valence-electron chi connectivity index (χ0n) is 16.7. The number of hydrogen-bond donors (Lipinski definition) is 3. The lowest BCUT2D eigenvalue weighted by Crippen LogP contribution is -2.50. The van der Waals surface area contributed by atoms with Gasteiger partial charge in [0.05, 0.1) is 20.3 Å². The highest BCUT2D eigenvalue weighted by atomic mass is 32.1. The van der Waals surface area contributed by atoms with Gasteiger partial charge in [0.25, 0.3) is 0 Å². The van der Waals surface area contributed by atoms with Gasteiger partial charge in [-0.25, -0.2) is 0 Å². The van der Waals surface area contributed by atoms with Gasteiger partial charge in [-0.1, -0.05) is 0 Å². The van der Waals surface area contributed by atoms with Crippen molar-refractivity contribution in [1.82, 2.24) is 20.9 Å². The Morgan fingerprint density at radius 1 is 1.19 bits per heavy atom. The summed E-state index contributed by atoms with van der Waals surface area (Å²) in [5.74, 6) is 1.48. The summed E-state index contributed by atoms with van der Waals surface area (Å²) in [6.07, 6.45) is 0.895. The summed E-state index contributed by atoms with van der Waals surface area (Å²) < 4.78 is 11.0. The minimum atomic E-state index is 0.0482. The summed E-state index contributed by atoms with van der Waals surface area (Å²) in [5.41, 5.74) is 2.43. The van der Waals surface area contributed by atoms with Gasteiger partial charge in [0.2, 0.25) is 0 Å². The number of nitrogens with one attached hydrogen (secondary N) is 3. The molecule has 1 aromatic rings. The minimum Gasteiger partial charge on any atom is -0.493 e. The fourth-order valence-electron chi connectivity index (χ4n) is 3.25. The maximum atomic E-state index is 5.62. The molecule has 0 spiro atoms. The smallest absolute Gasteiger partial charge is 0.169 e. The topological polar surface area (TPSA) is 57.8 Å². The molecule has 27 heavy (non-hydrogen) atoms. The molecule has 2 rings (SSSR count). The third kappa shape index (κ3) is 5.35. The van der Waals surface area contributed by atoms with E-state index < -0.39 is 0 Å². The quantitative estimate of drug-likeness (QED) is 0.618. The van der Waals surface area contributed by atoms with Gasteiger partial charge in [-0.15, -0.1) is 0 Å². The Hall–Kier alpha value is -1.80. The fourth-order valence-corrected chi connectivity index (χ4v) is 3.93. The summed E-state index contributed by atoms with van der Waals surface area (Å²) in [6, 6.07) is 4.46. The number of thiocarbonyl (C=S) groups is 2. The Morgan fingerprint density at radius 2 is 1.85 bits per heavy atom. The van der Waals surface area contributed by atoms with E-state index in [2.05, 4.69) is 46.8 Å². The van der Waals surface area contributed by atoms with Crippen LogP contribution in [0, 0.1) is 0 Å². The van der Waals surface area contributed by atoms with Crippen molar-refractivity contribution in [2.45, 2.75) is 39.3 Å². The number of methoxy groups -OCH3 is 2. The van der Waals surface area contributed by atoms with Gasteiger partial charge in [0.1, 0.15) is 0 Å². The molecule has 0 fully saturated rings. The Labute approximate surface area is 173 Å². The predicted molar refractivity (Wildman–Crippen MR) is 118 cm³/mol. The van der Waals surface area contributed by atoms with Crippen LogP contribution in [0.15, 0.2) is 12.1 Å². The van der Waals surface area contributed by atoms with Gasteiger partial charge < -0.3 is 30.3 Å². The summed E-state index contributed by atoms with van der Waals surface area (Å²) in [7, 11) is 3.32. The van der Waals surface area contributed by atoms with Crippen molar-refractivity contribution in [3.63, 3.8) is 0 Å². The first-order valence-corrected chi connectivity index (χ1v) is 10.1. The molecule has 0 bridgehead atoms. The molecule has 0 saturated carbocycles. The molecule has 8 heteroatoms. The molecule has 1 atom stereocenters. The average Bonchev–Trinajstić information content (AvgIpc) is 2.64. The van der Waals surface area contributed by atoms with Crippen LogP contribution in [0.3, 0.4) is 0 Å². The lowest BCUT2D eigenvalue weighted by atomic mass is 9.92. The van der Waals surface area contributed by atoms with Crippen LogP contribution in [0.5, 0.6) is 11.5 Å². The second-order valence-electron chi connectivity index (χ2n) is 6.71. The van der Waals surface area contributed by atoms with Crippen molar-refractivity contribution in [1.29, 1.82) is 0 Å². The number of nitrogens with zero attached hydrogens (tertiary/aromatic N) is 1. The van der Waals surface area contributed by atoms with Crippen LogP contribution < -0.4 is 25.4 Å². The van der Waals surface area contributed by atoms with Crippen molar-refractivity contribution in [3.05, 3.63) is 23.3 Å². The van der Waals surface area contributed by atoms with E-state index >= 15 is 0 Å². The summed E-state index contributed by atoms with van der Waals surface area (Å²) in [4.78, 5) is 2.22. The van der Waals surface area contributed by atoms with Crippen molar-refractivity contribution < 1.29 is 9.47 Å². The van der Waals surface area contributed by atoms with E-state index in [0.29, 0.717) is 11.7 Å². The molecular weight excluding hydrogens is 380 g/mol. The molecular formula is C19H30N4O2S2. The van der Waals surface area contributed by atoms with E-state index in [1.54, 1.807) is 14.2 Å². The van der Waals surface area contributed by atoms with Crippen LogP contribution in [0.4, 0.5) is 0 Å². The average molecular weight is 411 g/mol. The highest BCUT2D eigenvalue weighted by Gasteiger charge is 2.30. The van der Waals surface area contributed by atoms with E-state index in [-0.39, 0.29) is 12.1 Å². The van der Waals surface area contributed by atoms with E-state index in [9.17, 15) is 0 Å². The van der Waals surface area contributed by atoms with Crippen LogP contribution in [-0.2, 0) is 6.42 Å². The number of fused-ring (bicyclic) bond motifs is 1. The molecule has 150 valence electrons. The van der Waals surface area contributed by atoms with Gasteiger partial charge in [-0.05, 0) is 74.9 Å². The number of benzene rings is 1. The number of ether oxygens (including phenoxy) is 2. The van der Waals surface area contributed by atoms with E-state index in [1.165, 1.54) is 11.1 Å². The van der Waals surface area contributed by atoms with Crippen LogP contribution in [0.1, 0.15) is 37.9 Å². The van der Waals surface area contributed by atoms with E-state index in [0.717, 1.165) is 36.1 Å². The van der Waals surface area contributed by atoms with Gasteiger partial charge in [0.15, 0.2) is 21.7 Å². The molecule has 6 nitrogen and oxygen atoms in total. The largest absolute Gasteiger partial charge is 0.493 e. The first-order valence-electron chi connectivity index (χ1n) is 9.24. The molecule has 0 unspecified atom stereocenters. The number of hydrogen-bond acceptors (Lipinski definition) is 4. The second kappa shape index (κ2) is 9.94. The van der Waals surface area contributed by atoms with E-state index in [1.807, 2.05) is 6.92 Å². The first kappa shape index (κ1) is 21.5. The van der Waals surface area contributed by atoms with Crippen molar-refractivity contribution in [2.24, 2.45) is 0 Å². The summed E-state index contributed by atoms with van der Waals surface area (Å²) in [5, 5.41) is 11.2. The number of rotatable bonds is 6. The molecule has 0 aliphatic carbocycles. The Balaban J connectivity index is 2.33. The Morgan fingerprint density at radius 3 is 2.44 bits per heavy atom. The van der Waals surface area contributed by atoms with Gasteiger partial charge >= 0.3 is 0 Å². The highest BCUT2D eigenvalue weighted by Crippen LogP contribution is 2.37. The van der Waals surface area contributed by atoms with Gasteiger partial charge in [0, 0.05) is 25.7 Å². The standard InChI is InChI=1S/C19H30N4O2S2/c1-6-20-19(27)23-8-7-13-9-16(24-4)17(25-5)10-14(13)15(23)11-21-18(26)22-12(2)3/h9-10,12,15H,6-8,11H2,1-5H3,(H,20,27)(H2,21,22,26)/t15-/m0/s1. The molecule has 1 aliphatic rings. The SMILES string of the molecule is CCNC(=S)N1CCc2cc(OC)c(OC)cc2[C@@H]1CNC(=S)NC(C)C. The maximum Gasteiger partial charge on any atom is 0.169 e. The zero-order valence-corrected chi connectivity index (χ0v) is 18.4.